The Morgan fingerprint density at radius 2 is 2.04 bits per heavy atom. The summed E-state index contributed by atoms with van der Waals surface area (Å²) < 4.78 is 0. The third-order valence-corrected chi connectivity index (χ3v) is 5.38. The van der Waals surface area contributed by atoms with Gasteiger partial charge in [0.25, 0.3) is 5.91 Å². The Hall–Kier alpha value is -1.69. The van der Waals surface area contributed by atoms with Crippen LogP contribution in [0.25, 0.3) is 10.4 Å². The molecule has 1 aliphatic rings. The Balaban J connectivity index is 1.70. The van der Waals surface area contributed by atoms with Crippen molar-refractivity contribution in [2.24, 2.45) is 0 Å². The quantitative estimate of drug-likeness (QED) is 0.937. The third-order valence-electron chi connectivity index (χ3n) is 4.46. The van der Waals surface area contributed by atoms with Gasteiger partial charge in [-0.25, -0.2) is 0 Å². The smallest absolute Gasteiger partial charge is 0.253 e. The highest BCUT2D eigenvalue weighted by atomic mass is 32.1. The van der Waals surface area contributed by atoms with E-state index in [-0.39, 0.29) is 18.6 Å². The zero-order valence-electron chi connectivity index (χ0n) is 13.3. The first-order valence-corrected chi connectivity index (χ1v) is 8.81. The number of benzene rings is 1. The largest absolute Gasteiger partial charge is 0.396 e. The molecule has 5 heteroatoms. The topological polar surface area (TPSA) is 43.8 Å². The van der Waals surface area contributed by atoms with Gasteiger partial charge < -0.3 is 10.0 Å². The summed E-state index contributed by atoms with van der Waals surface area (Å²) in [4.78, 5) is 18.0. The summed E-state index contributed by atoms with van der Waals surface area (Å²) in [7, 11) is 2.05. The van der Waals surface area contributed by atoms with Crippen molar-refractivity contribution in [3.8, 4) is 10.4 Å². The van der Waals surface area contributed by atoms with Gasteiger partial charge in [-0.2, -0.15) is 0 Å². The summed E-state index contributed by atoms with van der Waals surface area (Å²) in [5.74, 6) is 0.0822. The molecular weight excluding hydrogens is 308 g/mol. The highest BCUT2D eigenvalue weighted by Gasteiger charge is 2.27. The summed E-state index contributed by atoms with van der Waals surface area (Å²) in [6, 6.07) is 12.2. The average molecular weight is 330 g/mol. The van der Waals surface area contributed by atoms with Crippen LogP contribution in [0.5, 0.6) is 0 Å². The van der Waals surface area contributed by atoms with Crippen molar-refractivity contribution in [3.63, 3.8) is 0 Å². The van der Waals surface area contributed by atoms with Gasteiger partial charge in [-0.1, -0.05) is 18.2 Å². The van der Waals surface area contributed by atoms with Gasteiger partial charge in [-0.05, 0) is 42.6 Å². The molecule has 1 N–H and O–H groups in total. The maximum atomic E-state index is 12.7. The molecule has 1 unspecified atom stereocenters. The predicted octanol–water partition coefficient (Wildman–Crippen LogP) is 2.55. The summed E-state index contributed by atoms with van der Waals surface area (Å²) >= 11 is 1.70. The second kappa shape index (κ2) is 7.25. The Morgan fingerprint density at radius 1 is 1.26 bits per heavy atom. The van der Waals surface area contributed by atoms with Gasteiger partial charge in [-0.3, -0.25) is 9.69 Å². The highest BCUT2D eigenvalue weighted by Crippen LogP contribution is 2.25. The van der Waals surface area contributed by atoms with Crippen molar-refractivity contribution in [2.75, 3.05) is 33.3 Å². The van der Waals surface area contributed by atoms with Crippen LogP contribution < -0.4 is 0 Å². The number of piperazine rings is 1. The minimum Gasteiger partial charge on any atom is -0.396 e. The molecule has 2 aromatic rings. The molecule has 1 saturated heterocycles. The van der Waals surface area contributed by atoms with E-state index in [4.69, 9.17) is 0 Å². The van der Waals surface area contributed by atoms with E-state index < -0.39 is 0 Å². The van der Waals surface area contributed by atoms with Crippen molar-refractivity contribution in [2.45, 2.75) is 12.5 Å². The molecule has 0 aliphatic carbocycles. The number of aliphatic hydroxyl groups excluding tert-OH is 1. The van der Waals surface area contributed by atoms with Crippen LogP contribution in [0.3, 0.4) is 0 Å². The van der Waals surface area contributed by atoms with Gasteiger partial charge >= 0.3 is 0 Å². The molecule has 0 radical (unpaired) electrons. The van der Waals surface area contributed by atoms with Crippen LogP contribution in [0.4, 0.5) is 0 Å². The molecule has 4 nitrogen and oxygen atoms in total. The van der Waals surface area contributed by atoms with E-state index in [9.17, 15) is 9.90 Å². The Morgan fingerprint density at radius 3 is 2.70 bits per heavy atom. The van der Waals surface area contributed by atoms with Crippen molar-refractivity contribution >= 4 is 17.2 Å². The number of nitrogens with zero attached hydrogens (tertiary/aromatic N) is 2. The van der Waals surface area contributed by atoms with Crippen LogP contribution in [0, 0.1) is 0 Å². The molecule has 0 bridgehead atoms. The van der Waals surface area contributed by atoms with Crippen molar-refractivity contribution < 1.29 is 9.90 Å². The lowest BCUT2D eigenvalue weighted by atomic mass is 10.1. The summed E-state index contributed by atoms with van der Waals surface area (Å²) in [6.07, 6.45) is 0.706. The summed E-state index contributed by atoms with van der Waals surface area (Å²) in [5, 5.41) is 11.2. The van der Waals surface area contributed by atoms with Crippen LogP contribution in [0.15, 0.2) is 41.8 Å². The number of aliphatic hydroxyl groups is 1. The van der Waals surface area contributed by atoms with E-state index in [1.54, 1.807) is 11.3 Å². The van der Waals surface area contributed by atoms with E-state index in [1.807, 2.05) is 35.2 Å². The van der Waals surface area contributed by atoms with Crippen LogP contribution in [0.2, 0.25) is 0 Å². The number of hydrogen-bond donors (Lipinski definition) is 1. The van der Waals surface area contributed by atoms with Gasteiger partial charge in [-0.15, -0.1) is 11.3 Å². The number of rotatable bonds is 4. The van der Waals surface area contributed by atoms with E-state index in [2.05, 4.69) is 23.4 Å². The van der Waals surface area contributed by atoms with Gasteiger partial charge in [0, 0.05) is 42.7 Å². The lowest BCUT2D eigenvalue weighted by Crippen LogP contribution is -2.53. The van der Waals surface area contributed by atoms with Gasteiger partial charge in [0.15, 0.2) is 0 Å². The maximum Gasteiger partial charge on any atom is 0.253 e. The molecule has 23 heavy (non-hydrogen) atoms. The molecule has 0 spiro atoms. The Kier molecular flexibility index (Phi) is 5.10. The summed E-state index contributed by atoms with van der Waals surface area (Å²) in [5.41, 5.74) is 1.88. The molecule has 2 heterocycles. The Bertz CT molecular complexity index is 640. The first kappa shape index (κ1) is 16.2. The van der Waals surface area contributed by atoms with Crippen LogP contribution in [-0.2, 0) is 0 Å². The van der Waals surface area contributed by atoms with Crippen LogP contribution in [0.1, 0.15) is 16.8 Å². The number of carbonyl (C=O) groups excluding carboxylic acids is 1. The fourth-order valence-corrected chi connectivity index (χ4v) is 3.73. The number of hydrogen-bond acceptors (Lipinski definition) is 4. The molecule has 1 aromatic heterocycles. The fraction of sp³-hybridized carbons (Fsp3) is 0.389. The van der Waals surface area contributed by atoms with Crippen molar-refractivity contribution in [1.29, 1.82) is 0 Å². The maximum absolute atomic E-state index is 12.7. The monoisotopic (exact) mass is 330 g/mol. The molecule has 1 fully saturated rings. The standard InChI is InChI=1S/C18H22N2O2S/c1-19-9-10-20(13-16(19)8-11-21)18(22)15-6-4-14(5-7-15)17-3-2-12-23-17/h2-7,12,16,21H,8-11,13H2,1H3. The minimum absolute atomic E-state index is 0.0822. The van der Waals surface area contributed by atoms with Gasteiger partial charge in [0.2, 0.25) is 0 Å². The normalized spacial score (nSPS) is 19.0. The fourth-order valence-electron chi connectivity index (χ4n) is 2.99. The second-order valence-corrected chi connectivity index (χ2v) is 6.90. The van der Waals surface area contributed by atoms with E-state index in [0.29, 0.717) is 13.0 Å². The molecule has 0 saturated carbocycles. The van der Waals surface area contributed by atoms with E-state index in [1.165, 1.54) is 4.88 Å². The first-order chi connectivity index (χ1) is 11.2. The molecule has 1 amide bonds. The number of likely N-dealkylation sites (N-methyl/N-ethyl adjacent to an activating group) is 1. The second-order valence-electron chi connectivity index (χ2n) is 5.95. The number of carbonyl (C=O) groups is 1. The zero-order chi connectivity index (χ0) is 16.2. The molecule has 122 valence electrons. The third kappa shape index (κ3) is 3.63. The van der Waals surface area contributed by atoms with E-state index in [0.717, 1.165) is 24.2 Å². The average Bonchev–Trinajstić information content (AvgIpc) is 3.11. The van der Waals surface area contributed by atoms with Gasteiger partial charge in [0.05, 0.1) is 0 Å². The zero-order valence-corrected chi connectivity index (χ0v) is 14.1. The predicted molar refractivity (Wildman–Crippen MR) is 93.8 cm³/mol. The molecule has 1 atom stereocenters. The summed E-state index contributed by atoms with van der Waals surface area (Å²) in [6.45, 7) is 2.43. The first-order valence-electron chi connectivity index (χ1n) is 7.93. The van der Waals surface area contributed by atoms with Crippen molar-refractivity contribution in [3.05, 3.63) is 47.3 Å². The molecule has 3 rings (SSSR count). The van der Waals surface area contributed by atoms with Crippen LogP contribution in [-0.4, -0.2) is 60.1 Å². The lowest BCUT2D eigenvalue weighted by Gasteiger charge is -2.39. The molecular formula is C18H22N2O2S. The van der Waals surface area contributed by atoms with E-state index >= 15 is 0 Å². The number of thiophene rings is 1. The lowest BCUT2D eigenvalue weighted by molar-refractivity contribution is 0.0500. The number of amides is 1. The van der Waals surface area contributed by atoms with Crippen molar-refractivity contribution in [1.82, 2.24) is 9.80 Å². The van der Waals surface area contributed by atoms with Crippen LogP contribution >= 0.6 is 11.3 Å². The minimum atomic E-state index is 0.0822. The SMILES string of the molecule is CN1CCN(C(=O)c2ccc(-c3cccs3)cc2)CC1CCO. The van der Waals surface area contributed by atoms with Gasteiger partial charge in [0.1, 0.15) is 0 Å². The highest BCUT2D eigenvalue weighted by molar-refractivity contribution is 7.13. The Labute approximate surface area is 141 Å². The molecule has 1 aliphatic heterocycles. The molecule has 1 aromatic carbocycles.